The van der Waals surface area contributed by atoms with E-state index >= 15 is 0 Å². The van der Waals surface area contributed by atoms with Crippen LogP contribution in [0.5, 0.6) is 0 Å². The molecule has 0 unspecified atom stereocenters. The van der Waals surface area contributed by atoms with Crippen LogP contribution >= 0.6 is 0 Å². The number of ether oxygens (including phenoxy) is 2. The van der Waals surface area contributed by atoms with Crippen LogP contribution in [0, 0.1) is 0 Å². The maximum Gasteiger partial charge on any atom is 0.346 e. The van der Waals surface area contributed by atoms with E-state index in [4.69, 9.17) is 9.47 Å². The first-order valence-corrected chi connectivity index (χ1v) is 13.7. The first-order valence-electron chi connectivity index (χ1n) is 13.7. The Morgan fingerprint density at radius 3 is 1.20 bits per heavy atom. The van der Waals surface area contributed by atoms with Gasteiger partial charge in [-0.1, -0.05) is 53.7 Å². The summed E-state index contributed by atoms with van der Waals surface area (Å²) in [4.78, 5) is 52.2. The minimum absolute atomic E-state index is 0.341. The Hall–Kier alpha value is -4.32. The average molecular weight is 533 g/mol. The van der Waals surface area contributed by atoms with Gasteiger partial charge in [0.1, 0.15) is 0 Å². The van der Waals surface area contributed by atoms with Crippen molar-refractivity contribution in [3.8, 4) is 0 Å². The number of hydrogen-bond acceptors (Lipinski definition) is 6. The molecule has 0 bridgehead atoms. The third kappa shape index (κ3) is 2.88. The van der Waals surface area contributed by atoms with Crippen molar-refractivity contribution in [3.05, 3.63) is 69.8 Å². The molecule has 40 heavy (non-hydrogen) atoms. The smallest absolute Gasteiger partial charge is 0.346 e. The SMILES string of the molecule is CCC(C)(C)c1cc2c3c(ccc4c5c(C(C)(C)CC)cc6c7c(ccc(c1c34)c75)C(=O)OC6=O)C(=O)OC2=O. The van der Waals surface area contributed by atoms with Gasteiger partial charge in [0.15, 0.2) is 0 Å². The van der Waals surface area contributed by atoms with E-state index in [1.807, 2.05) is 24.3 Å². The van der Waals surface area contributed by atoms with E-state index in [0.717, 1.165) is 56.3 Å². The second-order valence-electron chi connectivity index (χ2n) is 12.3. The number of carbonyl (C=O) groups is 4. The Morgan fingerprint density at radius 1 is 0.500 bits per heavy atom. The molecule has 6 heteroatoms. The monoisotopic (exact) mass is 532 g/mol. The maximum atomic E-state index is 13.2. The predicted molar refractivity (Wildman–Crippen MR) is 154 cm³/mol. The summed E-state index contributed by atoms with van der Waals surface area (Å²) in [6.45, 7) is 12.7. The van der Waals surface area contributed by atoms with Crippen molar-refractivity contribution < 1.29 is 28.7 Å². The number of benzene rings is 5. The molecule has 0 saturated heterocycles. The van der Waals surface area contributed by atoms with Gasteiger partial charge in [-0.15, -0.1) is 0 Å². The highest BCUT2D eigenvalue weighted by molar-refractivity contribution is 6.41. The molecule has 0 radical (unpaired) electrons. The summed E-state index contributed by atoms with van der Waals surface area (Å²) in [7, 11) is 0. The van der Waals surface area contributed by atoms with E-state index in [0.29, 0.717) is 33.0 Å². The van der Waals surface area contributed by atoms with Crippen molar-refractivity contribution in [2.24, 2.45) is 0 Å². The molecule has 2 aliphatic heterocycles. The van der Waals surface area contributed by atoms with E-state index in [1.165, 1.54) is 0 Å². The topological polar surface area (TPSA) is 86.7 Å². The van der Waals surface area contributed by atoms with Gasteiger partial charge in [-0.05, 0) is 91.4 Å². The van der Waals surface area contributed by atoms with Crippen molar-refractivity contribution in [1.82, 2.24) is 0 Å². The molecule has 0 aliphatic carbocycles. The minimum atomic E-state index is -0.656. The van der Waals surface area contributed by atoms with E-state index in [9.17, 15) is 19.2 Å². The van der Waals surface area contributed by atoms with Crippen molar-refractivity contribution >= 4 is 67.0 Å². The Kier molecular flexibility index (Phi) is 4.73. The minimum Gasteiger partial charge on any atom is -0.386 e. The molecule has 0 amide bonds. The molecule has 200 valence electrons. The normalized spacial score (nSPS) is 15.6. The highest BCUT2D eigenvalue weighted by Crippen LogP contribution is 2.51. The standard InChI is InChI=1S/C34H28O6/c1-7-33(3,4)21-13-19-23-17(29(35)39-31(19)37)12-10-16-26-22(34(5,6)8-2)14-20-24-18(30(36)40-32(20)38)11-9-15(28(24)26)25(21)27(16)23/h9-14H,7-8H2,1-6H3. The highest BCUT2D eigenvalue weighted by atomic mass is 16.6. The number of fused-ring (bicyclic) bond motifs is 2. The number of cyclic esters (lactones) is 4. The zero-order valence-corrected chi connectivity index (χ0v) is 23.3. The lowest BCUT2D eigenvalue weighted by Crippen LogP contribution is -2.24. The van der Waals surface area contributed by atoms with Crippen molar-refractivity contribution in [2.75, 3.05) is 0 Å². The van der Waals surface area contributed by atoms with Crippen molar-refractivity contribution in [3.63, 3.8) is 0 Å². The third-order valence-electron chi connectivity index (χ3n) is 9.58. The third-order valence-corrected chi connectivity index (χ3v) is 9.58. The quantitative estimate of drug-likeness (QED) is 0.102. The number of hydrogen-bond donors (Lipinski definition) is 0. The number of esters is 4. The molecule has 0 spiro atoms. The molecular weight excluding hydrogens is 504 g/mol. The molecule has 2 aliphatic rings. The van der Waals surface area contributed by atoms with Crippen LogP contribution in [0.15, 0.2) is 36.4 Å². The molecule has 0 atom stereocenters. The molecule has 6 nitrogen and oxygen atoms in total. The lowest BCUT2D eigenvalue weighted by atomic mass is 9.71. The zero-order valence-electron chi connectivity index (χ0n) is 23.3. The van der Waals surface area contributed by atoms with Crippen LogP contribution in [0.25, 0.3) is 43.1 Å². The summed E-state index contributed by atoms with van der Waals surface area (Å²) in [6, 6.07) is 11.1. The molecule has 0 saturated carbocycles. The van der Waals surface area contributed by atoms with Crippen LogP contribution in [0.4, 0.5) is 0 Å². The summed E-state index contributed by atoms with van der Waals surface area (Å²) < 4.78 is 10.3. The summed E-state index contributed by atoms with van der Waals surface area (Å²) in [5, 5.41) is 6.48. The largest absolute Gasteiger partial charge is 0.386 e. The molecule has 7 rings (SSSR count). The van der Waals surface area contributed by atoms with Crippen LogP contribution in [-0.4, -0.2) is 23.9 Å². The first-order chi connectivity index (χ1) is 18.9. The van der Waals surface area contributed by atoms with E-state index in [1.54, 1.807) is 12.1 Å². The second kappa shape index (κ2) is 7.66. The molecule has 2 heterocycles. The van der Waals surface area contributed by atoms with Gasteiger partial charge in [-0.3, -0.25) is 0 Å². The Labute approximate surface area is 230 Å². The Morgan fingerprint density at radius 2 is 0.850 bits per heavy atom. The number of carbonyl (C=O) groups excluding carboxylic acids is 4. The van der Waals surface area contributed by atoms with Gasteiger partial charge in [-0.2, -0.15) is 0 Å². The highest BCUT2D eigenvalue weighted by Gasteiger charge is 2.37. The Bertz CT molecular complexity index is 1890. The van der Waals surface area contributed by atoms with E-state index < -0.39 is 23.9 Å². The first kappa shape index (κ1) is 24.7. The van der Waals surface area contributed by atoms with Gasteiger partial charge < -0.3 is 9.47 Å². The van der Waals surface area contributed by atoms with Crippen LogP contribution in [0.1, 0.15) is 107 Å². The fourth-order valence-electron chi connectivity index (χ4n) is 6.61. The van der Waals surface area contributed by atoms with Gasteiger partial charge in [0.05, 0.1) is 22.3 Å². The lowest BCUT2D eigenvalue weighted by Gasteiger charge is -2.32. The fourth-order valence-corrected chi connectivity index (χ4v) is 6.61. The van der Waals surface area contributed by atoms with E-state index in [2.05, 4.69) is 41.5 Å². The average Bonchev–Trinajstić information content (AvgIpc) is 2.93. The van der Waals surface area contributed by atoms with Gasteiger partial charge in [-0.25, -0.2) is 19.2 Å². The van der Waals surface area contributed by atoms with Gasteiger partial charge >= 0.3 is 23.9 Å². The Balaban J connectivity index is 1.89. The number of rotatable bonds is 4. The molecule has 5 aromatic rings. The van der Waals surface area contributed by atoms with Crippen LogP contribution in [-0.2, 0) is 20.3 Å². The van der Waals surface area contributed by atoms with Gasteiger partial charge in [0, 0.05) is 10.8 Å². The molecule has 5 aromatic carbocycles. The second-order valence-corrected chi connectivity index (χ2v) is 12.3. The summed E-state index contributed by atoms with van der Waals surface area (Å²) in [5.41, 5.74) is 2.72. The van der Waals surface area contributed by atoms with Gasteiger partial charge in [0.2, 0.25) is 0 Å². The molecule has 0 N–H and O–H groups in total. The zero-order chi connectivity index (χ0) is 28.5. The predicted octanol–water partition coefficient (Wildman–Crippen LogP) is 7.73. The summed E-state index contributed by atoms with van der Waals surface area (Å²) in [6.07, 6.45) is 1.59. The van der Waals surface area contributed by atoms with Crippen molar-refractivity contribution in [1.29, 1.82) is 0 Å². The summed E-state index contributed by atoms with van der Waals surface area (Å²) >= 11 is 0. The molecule has 0 aromatic heterocycles. The summed E-state index contributed by atoms with van der Waals surface area (Å²) in [5.74, 6) is -2.60. The maximum absolute atomic E-state index is 13.2. The van der Waals surface area contributed by atoms with Crippen LogP contribution in [0.3, 0.4) is 0 Å². The lowest BCUT2D eigenvalue weighted by molar-refractivity contribution is 0.0373. The van der Waals surface area contributed by atoms with E-state index in [-0.39, 0.29) is 10.8 Å². The van der Waals surface area contributed by atoms with Crippen molar-refractivity contribution in [2.45, 2.75) is 65.2 Å². The van der Waals surface area contributed by atoms with Crippen LogP contribution < -0.4 is 0 Å². The fraction of sp³-hybridized carbons (Fsp3) is 0.294. The molecule has 0 fully saturated rings. The molecular formula is C34H28O6. The van der Waals surface area contributed by atoms with Crippen LogP contribution in [0.2, 0.25) is 0 Å². The van der Waals surface area contributed by atoms with Gasteiger partial charge in [0.25, 0.3) is 0 Å².